The number of hydrogen-bond acceptors (Lipinski definition) is 2. The van der Waals surface area contributed by atoms with Crippen LogP contribution >= 0.6 is 0 Å². The highest BCUT2D eigenvalue weighted by Crippen LogP contribution is 2.39. The van der Waals surface area contributed by atoms with Gasteiger partial charge in [0.1, 0.15) is 0 Å². The molecule has 21 heavy (non-hydrogen) atoms. The number of carboxylic acid groups (broad SMARTS) is 1. The first-order chi connectivity index (χ1) is 10.0. The molecule has 0 heterocycles. The van der Waals surface area contributed by atoms with Crippen LogP contribution in [0.2, 0.25) is 0 Å². The molecule has 0 aliphatic heterocycles. The molecule has 0 bridgehead atoms. The van der Waals surface area contributed by atoms with Crippen molar-refractivity contribution in [3.63, 3.8) is 0 Å². The van der Waals surface area contributed by atoms with Crippen LogP contribution in [0.4, 0.5) is 0 Å². The minimum atomic E-state index is -0.862. The fourth-order valence-corrected chi connectivity index (χ4v) is 3.12. The van der Waals surface area contributed by atoms with Crippen molar-refractivity contribution in [3.05, 3.63) is 35.9 Å². The lowest BCUT2D eigenvalue weighted by Gasteiger charge is -2.32. The molecule has 1 aliphatic rings. The molecule has 1 fully saturated rings. The smallest absolute Gasteiger partial charge is 0.310 e. The summed E-state index contributed by atoms with van der Waals surface area (Å²) in [7, 11) is 0. The van der Waals surface area contributed by atoms with E-state index in [2.05, 4.69) is 5.32 Å². The summed E-state index contributed by atoms with van der Waals surface area (Å²) < 4.78 is 0. The molecule has 2 rings (SSSR count). The first kappa shape index (κ1) is 15.5. The Hall–Kier alpha value is -1.84. The number of rotatable bonds is 5. The van der Waals surface area contributed by atoms with E-state index in [1.807, 2.05) is 37.3 Å². The Labute approximate surface area is 125 Å². The van der Waals surface area contributed by atoms with Crippen LogP contribution in [-0.2, 0) is 9.59 Å². The summed E-state index contributed by atoms with van der Waals surface area (Å²) in [5, 5.41) is 12.4. The third-order valence-corrected chi connectivity index (χ3v) is 4.44. The molecule has 1 saturated carbocycles. The molecule has 1 aliphatic carbocycles. The van der Waals surface area contributed by atoms with Crippen molar-refractivity contribution in [2.75, 3.05) is 0 Å². The highest BCUT2D eigenvalue weighted by atomic mass is 16.4. The van der Waals surface area contributed by atoms with Gasteiger partial charge in [0.25, 0.3) is 0 Å². The van der Waals surface area contributed by atoms with E-state index in [1.165, 1.54) is 0 Å². The standard InChI is InChI=1S/C17H23NO3/c1-13(14-8-4-2-5-9-14)18-15(19)12-17(16(20)21)10-6-3-7-11-17/h2,4-5,8-9,13H,3,6-7,10-12H2,1H3,(H,18,19)(H,20,21). The number of carboxylic acids is 1. The van der Waals surface area contributed by atoms with Crippen molar-refractivity contribution in [2.24, 2.45) is 5.41 Å². The Morgan fingerprint density at radius 2 is 1.81 bits per heavy atom. The van der Waals surface area contributed by atoms with Crippen molar-refractivity contribution in [2.45, 2.75) is 51.5 Å². The van der Waals surface area contributed by atoms with E-state index < -0.39 is 11.4 Å². The number of hydrogen-bond donors (Lipinski definition) is 2. The van der Waals surface area contributed by atoms with Crippen molar-refractivity contribution in [3.8, 4) is 0 Å². The van der Waals surface area contributed by atoms with Crippen molar-refractivity contribution >= 4 is 11.9 Å². The van der Waals surface area contributed by atoms with Gasteiger partial charge in [-0.1, -0.05) is 49.6 Å². The van der Waals surface area contributed by atoms with Gasteiger partial charge < -0.3 is 10.4 Å². The monoisotopic (exact) mass is 289 g/mol. The maximum atomic E-state index is 12.2. The van der Waals surface area contributed by atoms with Gasteiger partial charge in [-0.3, -0.25) is 9.59 Å². The first-order valence-electron chi connectivity index (χ1n) is 7.61. The van der Waals surface area contributed by atoms with E-state index in [1.54, 1.807) is 0 Å². The van der Waals surface area contributed by atoms with E-state index >= 15 is 0 Å². The zero-order chi connectivity index (χ0) is 15.3. The fourth-order valence-electron chi connectivity index (χ4n) is 3.12. The van der Waals surface area contributed by atoms with Crippen molar-refractivity contribution < 1.29 is 14.7 Å². The molecule has 0 aromatic heterocycles. The van der Waals surface area contributed by atoms with Crippen molar-refractivity contribution in [1.29, 1.82) is 0 Å². The van der Waals surface area contributed by atoms with Gasteiger partial charge in [-0.15, -0.1) is 0 Å². The summed E-state index contributed by atoms with van der Waals surface area (Å²) in [6.07, 6.45) is 4.16. The Morgan fingerprint density at radius 3 is 2.38 bits per heavy atom. The highest BCUT2D eigenvalue weighted by Gasteiger charge is 2.41. The van der Waals surface area contributed by atoms with Crippen LogP contribution in [0.15, 0.2) is 30.3 Å². The molecule has 0 saturated heterocycles. The largest absolute Gasteiger partial charge is 0.481 e. The lowest BCUT2D eigenvalue weighted by atomic mass is 9.71. The topological polar surface area (TPSA) is 66.4 Å². The van der Waals surface area contributed by atoms with Gasteiger partial charge in [0, 0.05) is 6.42 Å². The van der Waals surface area contributed by atoms with Crippen LogP contribution in [-0.4, -0.2) is 17.0 Å². The molecule has 1 amide bonds. The van der Waals surface area contributed by atoms with Gasteiger partial charge >= 0.3 is 5.97 Å². The minimum Gasteiger partial charge on any atom is -0.481 e. The lowest BCUT2D eigenvalue weighted by Crippen LogP contribution is -2.39. The van der Waals surface area contributed by atoms with Crippen LogP contribution in [0.25, 0.3) is 0 Å². The first-order valence-corrected chi connectivity index (χ1v) is 7.61. The molecule has 0 spiro atoms. The average Bonchev–Trinajstić information content (AvgIpc) is 2.48. The van der Waals surface area contributed by atoms with Gasteiger partial charge in [0.15, 0.2) is 0 Å². The second-order valence-corrected chi connectivity index (χ2v) is 6.02. The second kappa shape index (κ2) is 6.74. The van der Waals surface area contributed by atoms with Gasteiger partial charge in [0.2, 0.25) is 5.91 Å². The zero-order valence-electron chi connectivity index (χ0n) is 12.5. The molecule has 114 valence electrons. The molecule has 2 N–H and O–H groups in total. The van der Waals surface area contributed by atoms with Crippen LogP contribution < -0.4 is 5.32 Å². The highest BCUT2D eigenvalue weighted by molar-refractivity contribution is 5.85. The zero-order valence-corrected chi connectivity index (χ0v) is 12.5. The fraction of sp³-hybridized carbons (Fsp3) is 0.529. The van der Waals surface area contributed by atoms with Crippen LogP contribution in [0.1, 0.15) is 57.1 Å². The number of carbonyl (C=O) groups is 2. The molecule has 0 radical (unpaired) electrons. The normalized spacial score (nSPS) is 18.7. The third-order valence-electron chi connectivity index (χ3n) is 4.44. The molecule has 1 atom stereocenters. The van der Waals surface area contributed by atoms with E-state index in [0.717, 1.165) is 24.8 Å². The predicted molar refractivity (Wildman–Crippen MR) is 80.8 cm³/mol. The number of nitrogens with one attached hydrogen (secondary N) is 1. The van der Waals surface area contributed by atoms with E-state index in [-0.39, 0.29) is 18.4 Å². The SMILES string of the molecule is CC(NC(=O)CC1(C(=O)O)CCCCC1)c1ccccc1. The lowest BCUT2D eigenvalue weighted by molar-refractivity contribution is -0.154. The molecule has 4 nitrogen and oxygen atoms in total. The minimum absolute atomic E-state index is 0.0828. The Morgan fingerprint density at radius 1 is 1.19 bits per heavy atom. The number of carbonyl (C=O) groups excluding carboxylic acids is 1. The second-order valence-electron chi connectivity index (χ2n) is 6.02. The third kappa shape index (κ3) is 3.84. The summed E-state index contributed by atoms with van der Waals surface area (Å²) in [6, 6.07) is 9.60. The van der Waals surface area contributed by atoms with Crippen molar-refractivity contribution in [1.82, 2.24) is 5.32 Å². The summed E-state index contributed by atoms with van der Waals surface area (Å²) in [4.78, 5) is 23.8. The molecular formula is C17H23NO3. The molecule has 1 aromatic rings. The number of aliphatic carboxylic acids is 1. The predicted octanol–water partition coefficient (Wildman–Crippen LogP) is 3.29. The van der Waals surface area contributed by atoms with E-state index in [0.29, 0.717) is 12.8 Å². The van der Waals surface area contributed by atoms with Crippen LogP contribution in [0.3, 0.4) is 0 Å². The summed E-state index contributed by atoms with van der Waals surface area (Å²) in [6.45, 7) is 1.92. The van der Waals surface area contributed by atoms with E-state index in [4.69, 9.17) is 0 Å². The Kier molecular flexibility index (Phi) is 4.99. The van der Waals surface area contributed by atoms with Gasteiger partial charge in [-0.25, -0.2) is 0 Å². The summed E-state index contributed by atoms with van der Waals surface area (Å²) >= 11 is 0. The summed E-state index contributed by atoms with van der Waals surface area (Å²) in [5.74, 6) is -1.000. The molecule has 1 aromatic carbocycles. The quantitative estimate of drug-likeness (QED) is 0.874. The maximum Gasteiger partial charge on any atom is 0.310 e. The maximum absolute atomic E-state index is 12.2. The Balaban J connectivity index is 1.98. The van der Waals surface area contributed by atoms with E-state index in [9.17, 15) is 14.7 Å². The Bertz CT molecular complexity index is 492. The number of benzene rings is 1. The molecular weight excluding hydrogens is 266 g/mol. The van der Waals surface area contributed by atoms with Gasteiger partial charge in [0.05, 0.1) is 11.5 Å². The van der Waals surface area contributed by atoms with Gasteiger partial charge in [-0.05, 0) is 25.3 Å². The molecule has 1 unspecified atom stereocenters. The van der Waals surface area contributed by atoms with Crippen LogP contribution in [0.5, 0.6) is 0 Å². The number of amides is 1. The van der Waals surface area contributed by atoms with Gasteiger partial charge in [-0.2, -0.15) is 0 Å². The average molecular weight is 289 g/mol. The van der Waals surface area contributed by atoms with Crippen LogP contribution in [0, 0.1) is 5.41 Å². The summed E-state index contributed by atoms with van der Waals surface area (Å²) in [5.41, 5.74) is 0.164. The molecule has 4 heteroatoms.